The highest BCUT2D eigenvalue weighted by Crippen LogP contribution is 2.37. The van der Waals surface area contributed by atoms with Crippen molar-refractivity contribution in [1.82, 2.24) is 4.90 Å². The Labute approximate surface area is 143 Å². The van der Waals surface area contributed by atoms with Gasteiger partial charge in [0.2, 0.25) is 0 Å². The van der Waals surface area contributed by atoms with Gasteiger partial charge in [-0.1, -0.05) is 6.07 Å². The highest BCUT2D eigenvalue weighted by molar-refractivity contribution is 5.33. The molecule has 0 spiro atoms. The van der Waals surface area contributed by atoms with Crippen LogP contribution in [-0.4, -0.2) is 60.5 Å². The Morgan fingerprint density at radius 2 is 1.79 bits per heavy atom. The molecule has 134 valence electrons. The number of rotatable bonds is 6. The summed E-state index contributed by atoms with van der Waals surface area (Å²) in [7, 11) is 0. The summed E-state index contributed by atoms with van der Waals surface area (Å²) < 4.78 is 11.3. The van der Waals surface area contributed by atoms with Gasteiger partial charge in [0.1, 0.15) is 18.1 Å². The molecule has 2 fully saturated rings. The Bertz CT molecular complexity index is 496. The summed E-state index contributed by atoms with van der Waals surface area (Å²) in [6, 6.07) is 7.82. The molecule has 1 aromatic carbocycles. The van der Waals surface area contributed by atoms with Gasteiger partial charge in [0.15, 0.2) is 0 Å². The van der Waals surface area contributed by atoms with Gasteiger partial charge in [0.25, 0.3) is 6.47 Å². The minimum absolute atomic E-state index is 0.0558. The zero-order chi connectivity index (χ0) is 17.4. The summed E-state index contributed by atoms with van der Waals surface area (Å²) >= 11 is 0. The van der Waals surface area contributed by atoms with Crippen LogP contribution in [0.3, 0.4) is 0 Å². The standard InChI is InChI=1S/C17H25NO3.CH2O2/c1-2-20-16-4-3-5-17(10-16)21-7-6-18-11-13-8-15(19)9-14(13)12-18;2-1-3/h3-5,10,13-15,19H,2,6-9,11-12H2,1H3;1H,(H,2,3)/t13-,14+,15?;. The summed E-state index contributed by atoms with van der Waals surface area (Å²) in [4.78, 5) is 10.8. The molecule has 1 aliphatic carbocycles. The first-order valence-corrected chi connectivity index (χ1v) is 8.50. The molecule has 1 unspecified atom stereocenters. The molecule has 0 amide bonds. The van der Waals surface area contributed by atoms with E-state index in [4.69, 9.17) is 19.4 Å². The maximum absolute atomic E-state index is 9.66. The molecule has 1 heterocycles. The van der Waals surface area contributed by atoms with E-state index in [1.807, 2.05) is 31.2 Å². The van der Waals surface area contributed by atoms with Gasteiger partial charge in [-0.05, 0) is 43.7 Å². The number of aliphatic hydroxyl groups excluding tert-OH is 1. The third kappa shape index (κ3) is 5.39. The fraction of sp³-hybridized carbons (Fsp3) is 0.611. The van der Waals surface area contributed by atoms with Gasteiger partial charge in [-0.3, -0.25) is 9.69 Å². The molecule has 6 heteroatoms. The highest BCUT2D eigenvalue weighted by Gasteiger charge is 2.39. The molecule has 0 aromatic heterocycles. The quantitative estimate of drug-likeness (QED) is 0.772. The highest BCUT2D eigenvalue weighted by atomic mass is 16.5. The fourth-order valence-corrected chi connectivity index (χ4v) is 3.66. The van der Waals surface area contributed by atoms with Crippen LogP contribution in [0.4, 0.5) is 0 Å². The monoisotopic (exact) mass is 337 g/mol. The van der Waals surface area contributed by atoms with E-state index in [1.165, 1.54) is 0 Å². The number of nitrogens with zero attached hydrogens (tertiary/aromatic N) is 1. The van der Waals surface area contributed by atoms with E-state index in [9.17, 15) is 5.11 Å². The maximum atomic E-state index is 9.66. The van der Waals surface area contributed by atoms with E-state index in [1.54, 1.807) is 0 Å². The predicted octanol–water partition coefficient (Wildman–Crippen LogP) is 1.87. The lowest BCUT2D eigenvalue weighted by Gasteiger charge is -2.18. The van der Waals surface area contributed by atoms with Gasteiger partial charge in [0, 0.05) is 25.7 Å². The second-order valence-electron chi connectivity index (χ2n) is 6.27. The van der Waals surface area contributed by atoms with Crippen molar-refractivity contribution in [1.29, 1.82) is 0 Å². The summed E-state index contributed by atoms with van der Waals surface area (Å²) in [5.41, 5.74) is 0. The number of benzene rings is 1. The van der Waals surface area contributed by atoms with Crippen molar-refractivity contribution in [3.63, 3.8) is 0 Å². The first-order chi connectivity index (χ1) is 11.7. The lowest BCUT2D eigenvalue weighted by atomic mass is 10.0. The number of fused-ring (bicyclic) bond motifs is 1. The second kappa shape index (κ2) is 9.49. The van der Waals surface area contributed by atoms with Crippen molar-refractivity contribution < 1.29 is 24.5 Å². The van der Waals surface area contributed by atoms with Crippen LogP contribution in [0.2, 0.25) is 0 Å². The van der Waals surface area contributed by atoms with E-state index in [0.717, 1.165) is 44.0 Å². The lowest BCUT2D eigenvalue weighted by molar-refractivity contribution is -0.122. The third-order valence-electron chi connectivity index (χ3n) is 4.59. The van der Waals surface area contributed by atoms with Gasteiger partial charge in [0.05, 0.1) is 12.7 Å². The Balaban J connectivity index is 0.000000647. The van der Waals surface area contributed by atoms with Crippen molar-refractivity contribution in [3.8, 4) is 11.5 Å². The molecule has 3 rings (SSSR count). The molecular formula is C18H27NO5. The van der Waals surface area contributed by atoms with E-state index < -0.39 is 0 Å². The lowest BCUT2D eigenvalue weighted by Crippen LogP contribution is -2.27. The van der Waals surface area contributed by atoms with Crippen LogP contribution >= 0.6 is 0 Å². The molecule has 0 radical (unpaired) electrons. The van der Waals surface area contributed by atoms with E-state index in [0.29, 0.717) is 25.0 Å². The Morgan fingerprint density at radius 3 is 2.38 bits per heavy atom. The maximum Gasteiger partial charge on any atom is 0.290 e. The molecule has 1 saturated carbocycles. The molecule has 6 nitrogen and oxygen atoms in total. The molecule has 1 aliphatic heterocycles. The topological polar surface area (TPSA) is 79.2 Å². The van der Waals surface area contributed by atoms with Gasteiger partial charge < -0.3 is 19.7 Å². The van der Waals surface area contributed by atoms with Crippen LogP contribution in [0.1, 0.15) is 19.8 Å². The van der Waals surface area contributed by atoms with Gasteiger partial charge >= 0.3 is 0 Å². The van der Waals surface area contributed by atoms with Gasteiger partial charge in [-0.15, -0.1) is 0 Å². The zero-order valence-corrected chi connectivity index (χ0v) is 14.1. The molecule has 3 atom stereocenters. The van der Waals surface area contributed by atoms with Crippen molar-refractivity contribution in [2.24, 2.45) is 11.8 Å². The van der Waals surface area contributed by atoms with Crippen LogP contribution in [0, 0.1) is 11.8 Å². The molecule has 2 N–H and O–H groups in total. The first kappa shape index (κ1) is 18.5. The molecule has 0 bridgehead atoms. The average molecular weight is 337 g/mol. The Morgan fingerprint density at radius 1 is 1.21 bits per heavy atom. The van der Waals surface area contributed by atoms with E-state index >= 15 is 0 Å². The molecule has 1 saturated heterocycles. The summed E-state index contributed by atoms with van der Waals surface area (Å²) in [5.74, 6) is 3.12. The van der Waals surface area contributed by atoms with Gasteiger partial charge in [-0.25, -0.2) is 0 Å². The summed E-state index contributed by atoms with van der Waals surface area (Å²) in [6.45, 7) is 6.30. The summed E-state index contributed by atoms with van der Waals surface area (Å²) in [6.07, 6.45) is 1.91. The minimum atomic E-state index is -0.250. The van der Waals surface area contributed by atoms with Crippen LogP contribution in [0.15, 0.2) is 24.3 Å². The van der Waals surface area contributed by atoms with E-state index in [-0.39, 0.29) is 12.6 Å². The van der Waals surface area contributed by atoms with Crippen LogP contribution in [0.5, 0.6) is 11.5 Å². The smallest absolute Gasteiger partial charge is 0.290 e. The Hall–Kier alpha value is -1.79. The number of hydrogen-bond acceptors (Lipinski definition) is 5. The normalized spacial score (nSPS) is 25.5. The fourth-order valence-electron chi connectivity index (χ4n) is 3.66. The second-order valence-corrected chi connectivity index (χ2v) is 6.27. The number of likely N-dealkylation sites (tertiary alicyclic amines) is 1. The average Bonchev–Trinajstić information content (AvgIpc) is 3.05. The predicted molar refractivity (Wildman–Crippen MR) is 90.5 cm³/mol. The van der Waals surface area contributed by atoms with Crippen LogP contribution < -0.4 is 9.47 Å². The van der Waals surface area contributed by atoms with Crippen LogP contribution in [-0.2, 0) is 4.79 Å². The van der Waals surface area contributed by atoms with Gasteiger partial charge in [-0.2, -0.15) is 0 Å². The molecule has 24 heavy (non-hydrogen) atoms. The first-order valence-electron chi connectivity index (χ1n) is 8.50. The van der Waals surface area contributed by atoms with Crippen molar-refractivity contribution in [2.45, 2.75) is 25.9 Å². The molecule has 1 aromatic rings. The number of aliphatic hydroxyl groups is 1. The summed E-state index contributed by atoms with van der Waals surface area (Å²) in [5, 5.41) is 16.5. The molecule has 2 aliphatic rings. The number of carbonyl (C=O) groups is 1. The van der Waals surface area contributed by atoms with E-state index in [2.05, 4.69) is 4.90 Å². The number of carboxylic acid groups (broad SMARTS) is 1. The number of hydrogen-bond donors (Lipinski definition) is 2. The van der Waals surface area contributed by atoms with Crippen molar-refractivity contribution in [2.75, 3.05) is 32.8 Å². The largest absolute Gasteiger partial charge is 0.494 e. The van der Waals surface area contributed by atoms with Crippen LogP contribution in [0.25, 0.3) is 0 Å². The number of ether oxygens (including phenoxy) is 2. The SMILES string of the molecule is CCOc1cccc(OCCN2C[C@H]3CC(O)C[C@H]3C2)c1.O=CO. The molecular weight excluding hydrogens is 310 g/mol. The minimum Gasteiger partial charge on any atom is -0.494 e. The van der Waals surface area contributed by atoms with Crippen molar-refractivity contribution >= 4 is 6.47 Å². The Kier molecular flexibility index (Phi) is 7.34. The third-order valence-corrected chi connectivity index (χ3v) is 4.59. The van der Waals surface area contributed by atoms with Crippen molar-refractivity contribution in [3.05, 3.63) is 24.3 Å². The zero-order valence-electron chi connectivity index (χ0n) is 14.1.